The van der Waals surface area contributed by atoms with Crippen LogP contribution in [0.1, 0.15) is 26.3 Å². The predicted molar refractivity (Wildman–Crippen MR) is 92.0 cm³/mol. The van der Waals surface area contributed by atoms with E-state index in [1.54, 1.807) is 20.8 Å². The maximum absolute atomic E-state index is 12.8. The van der Waals surface area contributed by atoms with E-state index < -0.39 is 25.2 Å². The van der Waals surface area contributed by atoms with Gasteiger partial charge in [0.05, 0.1) is 6.61 Å². The highest BCUT2D eigenvalue weighted by molar-refractivity contribution is 7.74. The molecule has 0 aromatic heterocycles. The van der Waals surface area contributed by atoms with Crippen LogP contribution in [-0.2, 0) is 25.0 Å². The largest absolute Gasteiger partial charge is 0.465 e. The van der Waals surface area contributed by atoms with E-state index in [0.29, 0.717) is 0 Å². The van der Waals surface area contributed by atoms with Gasteiger partial charge in [-0.3, -0.25) is 14.2 Å². The lowest BCUT2D eigenvalue weighted by atomic mass is 10.1. The van der Waals surface area contributed by atoms with Crippen molar-refractivity contribution < 1.29 is 23.4 Å². The van der Waals surface area contributed by atoms with Gasteiger partial charge in [0, 0.05) is 13.2 Å². The highest BCUT2D eigenvalue weighted by Gasteiger charge is 2.37. The van der Waals surface area contributed by atoms with Gasteiger partial charge in [0.1, 0.15) is 6.04 Å². The summed E-state index contributed by atoms with van der Waals surface area (Å²) in [4.78, 5) is 24.4. The molecule has 2 N–H and O–H groups in total. The number of carbonyl (C=O) groups is 2. The summed E-state index contributed by atoms with van der Waals surface area (Å²) in [6.07, 6.45) is 0.224. The summed E-state index contributed by atoms with van der Waals surface area (Å²) in [5.41, 5.74) is 0.0670. The van der Waals surface area contributed by atoms with Crippen LogP contribution >= 0.6 is 7.52 Å². The zero-order chi connectivity index (χ0) is 18.2. The number of hydrogen-bond donors (Lipinski definition) is 2. The monoisotopic (exact) mass is 356 g/mol. The molecule has 1 aromatic rings. The maximum atomic E-state index is 12.8. The normalized spacial score (nSPS) is 14.7. The third-order valence-corrected chi connectivity index (χ3v) is 4.95. The van der Waals surface area contributed by atoms with Crippen LogP contribution in [0.2, 0.25) is 0 Å². The van der Waals surface area contributed by atoms with Gasteiger partial charge < -0.3 is 14.6 Å². The molecule has 0 heterocycles. The van der Waals surface area contributed by atoms with Gasteiger partial charge in [-0.25, -0.2) is 5.09 Å². The summed E-state index contributed by atoms with van der Waals surface area (Å²) in [6.45, 7) is 5.34. The molecule has 0 spiro atoms. The Morgan fingerprint density at radius 2 is 1.83 bits per heavy atom. The molecule has 0 aliphatic heterocycles. The Hall–Kier alpha value is -1.69. The van der Waals surface area contributed by atoms with Crippen LogP contribution in [0.5, 0.6) is 0 Å². The summed E-state index contributed by atoms with van der Waals surface area (Å²) in [5, 5.41) is 5.10. The second-order valence-electron chi connectivity index (χ2n) is 5.46. The van der Waals surface area contributed by atoms with Crippen molar-refractivity contribution in [3.63, 3.8) is 0 Å². The average Bonchev–Trinajstić information content (AvgIpc) is 2.54. The smallest absolute Gasteiger partial charge is 0.356 e. The van der Waals surface area contributed by atoms with E-state index in [1.165, 1.54) is 7.11 Å². The molecule has 7 nitrogen and oxygen atoms in total. The number of hydrogen-bond acceptors (Lipinski definition) is 5. The van der Waals surface area contributed by atoms with Crippen LogP contribution < -0.4 is 10.4 Å². The van der Waals surface area contributed by atoms with Gasteiger partial charge in [-0.15, -0.1) is 0 Å². The lowest BCUT2D eigenvalue weighted by molar-refractivity contribution is -0.145. The number of nitrogens with one attached hydrogen (secondary N) is 2. The third-order valence-electron chi connectivity index (χ3n) is 3.12. The molecule has 24 heavy (non-hydrogen) atoms. The van der Waals surface area contributed by atoms with Crippen molar-refractivity contribution >= 4 is 19.1 Å². The fourth-order valence-electron chi connectivity index (χ4n) is 2.01. The molecule has 1 aromatic carbocycles. The van der Waals surface area contributed by atoms with Crippen LogP contribution in [-0.4, -0.2) is 37.4 Å². The zero-order valence-electron chi connectivity index (χ0n) is 14.4. The van der Waals surface area contributed by atoms with E-state index in [-0.39, 0.29) is 19.1 Å². The van der Waals surface area contributed by atoms with Crippen molar-refractivity contribution in [2.75, 3.05) is 13.7 Å². The standard InChI is InChI=1S/C16H25N2O5P/c1-5-23-15(19)14(11-13-9-7-6-8-10-13)18-24(21,22-4)16(20)17-12(2)3/h6-10,12,14H,5,11H2,1-4H3,(H,17,20)(H,18,21)/t14-,24-/m1/s1. The van der Waals surface area contributed by atoms with E-state index in [4.69, 9.17) is 9.26 Å². The first-order chi connectivity index (χ1) is 11.3. The Kier molecular flexibility index (Phi) is 8.11. The molecule has 0 saturated heterocycles. The van der Waals surface area contributed by atoms with Gasteiger partial charge in [-0.1, -0.05) is 30.3 Å². The number of benzene rings is 1. The van der Waals surface area contributed by atoms with E-state index in [9.17, 15) is 14.2 Å². The first-order valence-electron chi connectivity index (χ1n) is 7.77. The van der Waals surface area contributed by atoms with E-state index in [0.717, 1.165) is 5.56 Å². The molecule has 0 bridgehead atoms. The van der Waals surface area contributed by atoms with Gasteiger partial charge in [0.15, 0.2) is 0 Å². The van der Waals surface area contributed by atoms with Crippen LogP contribution in [0.25, 0.3) is 0 Å². The molecule has 0 fully saturated rings. The zero-order valence-corrected chi connectivity index (χ0v) is 15.3. The molecule has 134 valence electrons. The fraction of sp³-hybridized carbons (Fsp3) is 0.500. The summed E-state index contributed by atoms with van der Waals surface area (Å²) >= 11 is 0. The SMILES string of the molecule is CCOC(=O)[C@@H](Cc1ccccc1)N[P@](=O)(OC)C(=O)NC(C)C. The Balaban J connectivity index is 2.98. The van der Waals surface area contributed by atoms with Gasteiger partial charge in [-0.05, 0) is 32.8 Å². The molecule has 1 amide bonds. The van der Waals surface area contributed by atoms with E-state index >= 15 is 0 Å². The first-order valence-corrected chi connectivity index (χ1v) is 9.40. The summed E-state index contributed by atoms with van der Waals surface area (Å²) in [5.74, 6) is -0.587. The van der Waals surface area contributed by atoms with E-state index in [1.807, 2.05) is 30.3 Å². The van der Waals surface area contributed by atoms with Gasteiger partial charge in [0.25, 0.3) is 0 Å². The van der Waals surface area contributed by atoms with Crippen molar-refractivity contribution in [3.05, 3.63) is 35.9 Å². The maximum Gasteiger partial charge on any atom is 0.356 e. The summed E-state index contributed by atoms with van der Waals surface area (Å²) < 4.78 is 22.7. The first kappa shape index (κ1) is 20.4. The minimum atomic E-state index is -3.92. The summed E-state index contributed by atoms with van der Waals surface area (Å²) in [7, 11) is -2.75. The molecule has 0 aliphatic carbocycles. The Labute approximate surface area is 142 Å². The molecule has 0 unspecified atom stereocenters. The fourth-order valence-corrected chi connectivity index (χ4v) is 3.43. The lowest BCUT2D eigenvalue weighted by Crippen LogP contribution is -2.42. The Morgan fingerprint density at radius 3 is 2.33 bits per heavy atom. The van der Waals surface area contributed by atoms with Crippen molar-refractivity contribution in [2.24, 2.45) is 0 Å². The summed E-state index contributed by atoms with van der Waals surface area (Å²) in [6, 6.07) is 8.01. The number of carbonyl (C=O) groups excluding carboxylic acids is 2. The van der Waals surface area contributed by atoms with Gasteiger partial charge in [0.2, 0.25) is 0 Å². The van der Waals surface area contributed by atoms with E-state index in [2.05, 4.69) is 10.4 Å². The molecule has 8 heteroatoms. The molecular formula is C16H25N2O5P. The van der Waals surface area contributed by atoms with Crippen LogP contribution in [0.4, 0.5) is 4.79 Å². The van der Waals surface area contributed by atoms with Crippen molar-refractivity contribution in [1.82, 2.24) is 10.4 Å². The number of amides is 1. The molecule has 0 saturated carbocycles. The van der Waals surface area contributed by atoms with Gasteiger partial charge in [-0.2, -0.15) is 0 Å². The quantitative estimate of drug-likeness (QED) is 0.522. The minimum Gasteiger partial charge on any atom is -0.465 e. The molecule has 0 radical (unpaired) electrons. The topological polar surface area (TPSA) is 93.7 Å². The van der Waals surface area contributed by atoms with Crippen LogP contribution in [0.3, 0.4) is 0 Å². The molecular weight excluding hydrogens is 331 g/mol. The number of rotatable bonds is 9. The number of ether oxygens (including phenoxy) is 1. The average molecular weight is 356 g/mol. The third kappa shape index (κ3) is 6.07. The van der Waals surface area contributed by atoms with Crippen molar-refractivity contribution in [2.45, 2.75) is 39.3 Å². The highest BCUT2D eigenvalue weighted by Crippen LogP contribution is 2.43. The van der Waals surface area contributed by atoms with Crippen LogP contribution in [0.15, 0.2) is 30.3 Å². The molecule has 0 aliphatic rings. The molecule has 2 atom stereocenters. The minimum absolute atomic E-state index is 0.182. The van der Waals surface area contributed by atoms with Crippen molar-refractivity contribution in [1.29, 1.82) is 0 Å². The lowest BCUT2D eigenvalue weighted by Gasteiger charge is -2.23. The second kappa shape index (κ2) is 9.57. The Morgan fingerprint density at radius 1 is 1.21 bits per heavy atom. The van der Waals surface area contributed by atoms with Gasteiger partial charge >= 0.3 is 19.1 Å². The second-order valence-corrected chi connectivity index (χ2v) is 7.59. The Bertz CT molecular complexity index is 591. The molecule has 1 rings (SSSR count). The van der Waals surface area contributed by atoms with Crippen molar-refractivity contribution in [3.8, 4) is 0 Å². The predicted octanol–water partition coefficient (Wildman–Crippen LogP) is 2.71. The highest BCUT2D eigenvalue weighted by atomic mass is 31.2. The van der Waals surface area contributed by atoms with Crippen LogP contribution in [0, 0.1) is 0 Å². The number of esters is 1.